The van der Waals surface area contributed by atoms with Gasteiger partial charge in [-0.25, -0.2) is 0 Å². The summed E-state index contributed by atoms with van der Waals surface area (Å²) in [5.41, 5.74) is 0. The lowest BCUT2D eigenvalue weighted by Crippen LogP contribution is -2.22. The molecule has 1 fully saturated rings. The minimum atomic E-state index is -0.266. The van der Waals surface area contributed by atoms with Crippen LogP contribution in [-0.2, 0) is 9.47 Å². The van der Waals surface area contributed by atoms with E-state index in [1.54, 1.807) is 0 Å². The Labute approximate surface area is 99.1 Å². The van der Waals surface area contributed by atoms with E-state index in [1.165, 1.54) is 6.42 Å². The molecule has 0 radical (unpaired) electrons. The van der Waals surface area contributed by atoms with E-state index in [2.05, 4.69) is 6.92 Å². The molecule has 1 saturated heterocycles. The second-order valence-electron chi connectivity index (χ2n) is 4.65. The highest BCUT2D eigenvalue weighted by atomic mass is 16.5. The van der Waals surface area contributed by atoms with Crippen LogP contribution in [0.25, 0.3) is 0 Å². The van der Waals surface area contributed by atoms with Gasteiger partial charge in [0.1, 0.15) is 0 Å². The van der Waals surface area contributed by atoms with E-state index >= 15 is 0 Å². The first-order valence-electron chi connectivity index (χ1n) is 6.70. The Morgan fingerprint density at radius 3 is 2.88 bits per heavy atom. The molecule has 1 heterocycles. The van der Waals surface area contributed by atoms with Gasteiger partial charge in [0.2, 0.25) is 0 Å². The maximum atomic E-state index is 9.51. The number of aliphatic hydroxyl groups is 1. The van der Waals surface area contributed by atoms with Gasteiger partial charge in [-0.2, -0.15) is 0 Å². The van der Waals surface area contributed by atoms with Crippen LogP contribution in [0.1, 0.15) is 51.9 Å². The maximum absolute atomic E-state index is 9.51. The summed E-state index contributed by atoms with van der Waals surface area (Å²) in [7, 11) is 0. The van der Waals surface area contributed by atoms with E-state index in [0.717, 1.165) is 45.1 Å². The van der Waals surface area contributed by atoms with Gasteiger partial charge in [0.25, 0.3) is 0 Å². The molecular formula is C13H26O3. The number of aliphatic hydroxyl groups excluding tert-OH is 1. The fourth-order valence-electron chi connectivity index (χ4n) is 1.97. The Balaban J connectivity index is 2.18. The molecule has 0 aliphatic carbocycles. The highest BCUT2D eigenvalue weighted by Gasteiger charge is 2.12. The highest BCUT2D eigenvalue weighted by Crippen LogP contribution is 2.14. The fourth-order valence-corrected chi connectivity index (χ4v) is 1.97. The topological polar surface area (TPSA) is 38.7 Å². The lowest BCUT2D eigenvalue weighted by atomic mass is 10.1. The standard InChI is InChI=1S/C13H26O3/c1-2-3-9-16-13-7-5-4-6-12(14)11-15-10-8-13/h12-14H,2-11H2,1H3. The molecule has 1 N–H and O–H groups in total. The molecule has 0 aromatic carbocycles. The van der Waals surface area contributed by atoms with Crippen molar-refractivity contribution < 1.29 is 14.6 Å². The van der Waals surface area contributed by atoms with E-state index in [-0.39, 0.29) is 6.10 Å². The molecule has 3 heteroatoms. The minimum Gasteiger partial charge on any atom is -0.391 e. The van der Waals surface area contributed by atoms with E-state index in [9.17, 15) is 5.11 Å². The molecule has 0 spiro atoms. The predicted molar refractivity (Wildman–Crippen MR) is 64.6 cm³/mol. The average molecular weight is 230 g/mol. The molecule has 0 amide bonds. The van der Waals surface area contributed by atoms with Crippen molar-refractivity contribution in [3.05, 3.63) is 0 Å². The number of unbranched alkanes of at least 4 members (excludes halogenated alkanes) is 1. The maximum Gasteiger partial charge on any atom is 0.0773 e. The first kappa shape index (κ1) is 13.9. The summed E-state index contributed by atoms with van der Waals surface area (Å²) >= 11 is 0. The Morgan fingerprint density at radius 1 is 1.25 bits per heavy atom. The molecule has 1 aliphatic heterocycles. The summed E-state index contributed by atoms with van der Waals surface area (Å²) in [4.78, 5) is 0. The molecule has 0 aromatic rings. The quantitative estimate of drug-likeness (QED) is 0.754. The van der Waals surface area contributed by atoms with Crippen LogP contribution >= 0.6 is 0 Å². The van der Waals surface area contributed by atoms with Gasteiger partial charge in [-0.1, -0.05) is 26.2 Å². The van der Waals surface area contributed by atoms with Crippen molar-refractivity contribution in [2.45, 2.75) is 64.1 Å². The van der Waals surface area contributed by atoms with Gasteiger partial charge >= 0.3 is 0 Å². The van der Waals surface area contributed by atoms with E-state index in [1.807, 2.05) is 0 Å². The van der Waals surface area contributed by atoms with Gasteiger partial charge in [0.15, 0.2) is 0 Å². The van der Waals surface area contributed by atoms with Gasteiger partial charge < -0.3 is 14.6 Å². The number of rotatable bonds is 4. The largest absolute Gasteiger partial charge is 0.391 e. The van der Waals surface area contributed by atoms with Gasteiger partial charge in [-0.15, -0.1) is 0 Å². The third-order valence-electron chi connectivity index (χ3n) is 3.06. The zero-order valence-corrected chi connectivity index (χ0v) is 10.5. The first-order chi connectivity index (χ1) is 7.83. The number of hydrogen-bond donors (Lipinski definition) is 1. The van der Waals surface area contributed by atoms with Gasteiger partial charge in [-0.3, -0.25) is 0 Å². The average Bonchev–Trinajstić information content (AvgIpc) is 2.29. The number of hydrogen-bond acceptors (Lipinski definition) is 3. The van der Waals surface area contributed by atoms with Crippen molar-refractivity contribution in [3.8, 4) is 0 Å². The second-order valence-corrected chi connectivity index (χ2v) is 4.65. The minimum absolute atomic E-state index is 0.266. The van der Waals surface area contributed by atoms with Gasteiger partial charge in [0, 0.05) is 13.2 Å². The zero-order valence-electron chi connectivity index (χ0n) is 10.5. The summed E-state index contributed by atoms with van der Waals surface area (Å²) in [6.45, 7) is 4.26. The molecule has 3 nitrogen and oxygen atoms in total. The number of ether oxygens (including phenoxy) is 2. The molecule has 0 bridgehead atoms. The predicted octanol–water partition coefficient (Wildman–Crippen LogP) is 2.51. The van der Waals surface area contributed by atoms with Crippen molar-refractivity contribution >= 4 is 0 Å². The van der Waals surface area contributed by atoms with E-state index in [4.69, 9.17) is 9.47 Å². The summed E-state index contributed by atoms with van der Waals surface area (Å²) in [5, 5.41) is 9.51. The molecule has 2 atom stereocenters. The summed E-state index contributed by atoms with van der Waals surface area (Å²) in [6, 6.07) is 0. The zero-order chi connectivity index (χ0) is 11.6. The Hall–Kier alpha value is -0.120. The Morgan fingerprint density at radius 2 is 2.06 bits per heavy atom. The lowest BCUT2D eigenvalue weighted by Gasteiger charge is -2.20. The Kier molecular flexibility index (Phi) is 7.81. The monoisotopic (exact) mass is 230 g/mol. The smallest absolute Gasteiger partial charge is 0.0773 e. The molecule has 1 aliphatic rings. The molecule has 96 valence electrons. The normalized spacial score (nSPS) is 28.9. The van der Waals surface area contributed by atoms with Crippen LogP contribution < -0.4 is 0 Å². The summed E-state index contributed by atoms with van der Waals surface area (Å²) in [6.07, 6.45) is 7.62. The highest BCUT2D eigenvalue weighted by molar-refractivity contribution is 4.63. The summed E-state index contributed by atoms with van der Waals surface area (Å²) < 4.78 is 11.3. The Bertz CT molecular complexity index is 149. The molecule has 2 unspecified atom stereocenters. The SMILES string of the molecule is CCCCOC1CCCCC(O)COCC1. The third kappa shape index (κ3) is 6.46. The van der Waals surface area contributed by atoms with Crippen molar-refractivity contribution in [1.82, 2.24) is 0 Å². The fraction of sp³-hybridized carbons (Fsp3) is 1.00. The summed E-state index contributed by atoms with van der Waals surface area (Å²) in [5.74, 6) is 0. The molecule has 1 rings (SSSR count). The van der Waals surface area contributed by atoms with E-state index < -0.39 is 0 Å². The van der Waals surface area contributed by atoms with Crippen LogP contribution in [0.5, 0.6) is 0 Å². The molecule has 16 heavy (non-hydrogen) atoms. The van der Waals surface area contributed by atoms with Crippen molar-refractivity contribution in [2.75, 3.05) is 19.8 Å². The van der Waals surface area contributed by atoms with Crippen LogP contribution in [0.2, 0.25) is 0 Å². The molecule has 0 saturated carbocycles. The van der Waals surface area contributed by atoms with Crippen LogP contribution in [-0.4, -0.2) is 37.1 Å². The van der Waals surface area contributed by atoms with E-state index in [0.29, 0.717) is 19.3 Å². The first-order valence-corrected chi connectivity index (χ1v) is 6.70. The second kappa shape index (κ2) is 8.97. The third-order valence-corrected chi connectivity index (χ3v) is 3.06. The van der Waals surface area contributed by atoms with Crippen molar-refractivity contribution in [2.24, 2.45) is 0 Å². The lowest BCUT2D eigenvalue weighted by molar-refractivity contribution is -0.0146. The van der Waals surface area contributed by atoms with Gasteiger partial charge in [-0.05, 0) is 25.7 Å². The molecular weight excluding hydrogens is 204 g/mol. The van der Waals surface area contributed by atoms with Crippen molar-refractivity contribution in [1.29, 1.82) is 0 Å². The van der Waals surface area contributed by atoms with Crippen LogP contribution in [0.4, 0.5) is 0 Å². The van der Waals surface area contributed by atoms with Crippen LogP contribution in [0.3, 0.4) is 0 Å². The van der Waals surface area contributed by atoms with Gasteiger partial charge in [0.05, 0.1) is 18.8 Å². The molecule has 0 aromatic heterocycles. The van der Waals surface area contributed by atoms with Crippen LogP contribution in [0, 0.1) is 0 Å². The van der Waals surface area contributed by atoms with Crippen molar-refractivity contribution in [3.63, 3.8) is 0 Å². The van der Waals surface area contributed by atoms with Crippen LogP contribution in [0.15, 0.2) is 0 Å².